The number of rotatable bonds is 5. The van der Waals surface area contributed by atoms with E-state index in [-0.39, 0.29) is 17.3 Å². The molecule has 0 fully saturated rings. The van der Waals surface area contributed by atoms with E-state index in [9.17, 15) is 13.6 Å². The summed E-state index contributed by atoms with van der Waals surface area (Å²) in [5.74, 6) is -2.82. The molecule has 4 rings (SSSR count). The number of aryl methyl sites for hydroxylation is 3. The molecule has 0 saturated heterocycles. The molecule has 0 aliphatic carbocycles. The fourth-order valence-corrected chi connectivity index (χ4v) is 3.80. The van der Waals surface area contributed by atoms with Crippen molar-refractivity contribution in [3.05, 3.63) is 63.7 Å². The Kier molecular flexibility index (Phi) is 5.01. The van der Waals surface area contributed by atoms with Gasteiger partial charge >= 0.3 is 5.69 Å². The molecule has 2 aromatic heterocycles. The molecular formula is C22H23F2N5O2. The van der Waals surface area contributed by atoms with Crippen molar-refractivity contribution >= 4 is 27.6 Å². The Morgan fingerprint density at radius 3 is 2.39 bits per heavy atom. The van der Waals surface area contributed by atoms with E-state index in [1.54, 1.807) is 29.3 Å². The van der Waals surface area contributed by atoms with Gasteiger partial charge in [0.15, 0.2) is 5.82 Å². The Balaban J connectivity index is 1.79. The van der Waals surface area contributed by atoms with Crippen LogP contribution >= 0.6 is 0 Å². The number of hydrogen-bond acceptors (Lipinski definition) is 5. The lowest BCUT2D eigenvalue weighted by atomic mass is 10.0. The van der Waals surface area contributed by atoms with Gasteiger partial charge in [0.05, 0.1) is 22.8 Å². The highest BCUT2D eigenvalue weighted by Gasteiger charge is 2.30. The molecule has 0 unspecified atom stereocenters. The van der Waals surface area contributed by atoms with Crippen molar-refractivity contribution in [2.45, 2.75) is 25.8 Å². The van der Waals surface area contributed by atoms with Gasteiger partial charge in [-0.15, -0.1) is 5.10 Å². The second-order valence-corrected chi connectivity index (χ2v) is 7.78. The zero-order valence-corrected chi connectivity index (χ0v) is 17.6. The number of nitrogens with one attached hydrogen (secondary N) is 1. The van der Waals surface area contributed by atoms with E-state index in [0.717, 1.165) is 27.5 Å². The highest BCUT2D eigenvalue weighted by molar-refractivity contribution is 6.01. The van der Waals surface area contributed by atoms with E-state index in [0.29, 0.717) is 11.4 Å². The third-order valence-corrected chi connectivity index (χ3v) is 5.72. The highest BCUT2D eigenvalue weighted by Crippen LogP contribution is 2.32. The van der Waals surface area contributed by atoms with Gasteiger partial charge in [0.2, 0.25) is 0 Å². The first-order valence-corrected chi connectivity index (χ1v) is 9.82. The van der Waals surface area contributed by atoms with Crippen LogP contribution in [0.1, 0.15) is 29.8 Å². The van der Waals surface area contributed by atoms with Crippen molar-refractivity contribution in [3.63, 3.8) is 0 Å². The summed E-state index contributed by atoms with van der Waals surface area (Å²) in [5, 5.41) is 22.4. The van der Waals surface area contributed by atoms with Gasteiger partial charge in [-0.2, -0.15) is 13.9 Å². The number of anilines is 1. The Bertz CT molecular complexity index is 1360. The minimum absolute atomic E-state index is 0.131. The van der Waals surface area contributed by atoms with Crippen LogP contribution in [-0.2, 0) is 20.0 Å². The normalized spacial score (nSPS) is 13.1. The van der Waals surface area contributed by atoms with Crippen LogP contribution in [0.3, 0.4) is 0 Å². The lowest BCUT2D eigenvalue weighted by molar-refractivity contribution is -0.0556. The summed E-state index contributed by atoms with van der Waals surface area (Å²) in [5.41, 5.74) is 2.50. The first-order chi connectivity index (χ1) is 14.6. The fourth-order valence-electron chi connectivity index (χ4n) is 3.80. The molecule has 162 valence electrons. The molecule has 2 N–H and O–H groups in total. The second-order valence-electron chi connectivity index (χ2n) is 7.78. The number of aromatic nitrogens is 4. The molecular weight excluding hydrogens is 404 g/mol. The average Bonchev–Trinajstić information content (AvgIpc) is 2.98. The molecule has 0 aliphatic heterocycles. The molecule has 31 heavy (non-hydrogen) atoms. The van der Waals surface area contributed by atoms with Crippen LogP contribution in [0.5, 0.6) is 0 Å². The summed E-state index contributed by atoms with van der Waals surface area (Å²) in [7, 11) is 3.43. The standard InChI is InChI=1S/C22H23F2N5O2/c1-12(14-6-5-7-15(8-14)22(23,24)11-30)25-20-17-10-19-18(28(3)21(31)29(19)4)9-16(17)13(2)26-27-20/h5-10,12,30H,11H2,1-4H3,(H,25,27)/t12-/m1/s1. The largest absolute Gasteiger partial charge is 0.390 e. The van der Waals surface area contributed by atoms with Crippen LogP contribution in [0.2, 0.25) is 0 Å². The Hall–Kier alpha value is -3.33. The van der Waals surface area contributed by atoms with Crippen molar-refractivity contribution in [1.82, 2.24) is 19.3 Å². The number of aliphatic hydroxyl groups excluding tert-OH is 1. The molecule has 0 amide bonds. The number of imidazole rings is 1. The van der Waals surface area contributed by atoms with E-state index in [4.69, 9.17) is 5.11 Å². The number of hydrogen-bond donors (Lipinski definition) is 2. The van der Waals surface area contributed by atoms with Gasteiger partial charge in [0, 0.05) is 30.4 Å². The highest BCUT2D eigenvalue weighted by atomic mass is 19.3. The average molecular weight is 427 g/mol. The molecule has 1 atom stereocenters. The molecule has 2 aromatic carbocycles. The van der Waals surface area contributed by atoms with Crippen molar-refractivity contribution in [1.29, 1.82) is 0 Å². The maximum atomic E-state index is 13.9. The summed E-state index contributed by atoms with van der Waals surface area (Å²) in [6.45, 7) is 2.42. The Morgan fingerprint density at radius 2 is 1.74 bits per heavy atom. The Labute approximate surface area is 176 Å². The minimum atomic E-state index is -3.31. The van der Waals surface area contributed by atoms with Crippen LogP contribution in [0.15, 0.2) is 41.2 Å². The van der Waals surface area contributed by atoms with Crippen LogP contribution in [0.4, 0.5) is 14.6 Å². The van der Waals surface area contributed by atoms with Gasteiger partial charge in [0.1, 0.15) is 6.61 Å². The molecule has 7 nitrogen and oxygen atoms in total. The number of nitrogens with zero attached hydrogens (tertiary/aromatic N) is 4. The summed E-state index contributed by atoms with van der Waals surface area (Å²) in [4.78, 5) is 12.3. The van der Waals surface area contributed by atoms with Crippen molar-refractivity contribution in [2.75, 3.05) is 11.9 Å². The summed E-state index contributed by atoms with van der Waals surface area (Å²) >= 11 is 0. The van der Waals surface area contributed by atoms with E-state index >= 15 is 0 Å². The maximum Gasteiger partial charge on any atom is 0.328 e. The predicted molar refractivity (Wildman–Crippen MR) is 115 cm³/mol. The van der Waals surface area contributed by atoms with Gasteiger partial charge in [-0.1, -0.05) is 18.2 Å². The maximum absolute atomic E-state index is 13.9. The number of fused-ring (bicyclic) bond motifs is 2. The molecule has 0 radical (unpaired) electrons. The Morgan fingerprint density at radius 1 is 1.10 bits per heavy atom. The quantitative estimate of drug-likeness (QED) is 0.510. The first kappa shape index (κ1) is 20.9. The van der Waals surface area contributed by atoms with Gasteiger partial charge in [-0.3, -0.25) is 9.13 Å². The van der Waals surface area contributed by atoms with Crippen LogP contribution in [0, 0.1) is 6.92 Å². The molecule has 2 heterocycles. The third-order valence-electron chi connectivity index (χ3n) is 5.72. The SMILES string of the molecule is Cc1nnc(N[C@H](C)c2cccc(C(F)(F)CO)c2)c2cc3c(cc12)n(C)c(=O)n3C. The smallest absolute Gasteiger partial charge is 0.328 e. The molecule has 0 saturated carbocycles. The molecule has 0 spiro atoms. The molecule has 0 bridgehead atoms. The van der Waals surface area contributed by atoms with Crippen LogP contribution < -0.4 is 11.0 Å². The van der Waals surface area contributed by atoms with E-state index in [2.05, 4.69) is 15.5 Å². The zero-order chi connectivity index (χ0) is 22.5. The summed E-state index contributed by atoms with van der Waals surface area (Å²) in [6.07, 6.45) is 0. The second kappa shape index (κ2) is 7.42. The van der Waals surface area contributed by atoms with E-state index in [1.807, 2.05) is 26.0 Å². The van der Waals surface area contributed by atoms with Crippen molar-refractivity contribution in [2.24, 2.45) is 14.1 Å². The van der Waals surface area contributed by atoms with Crippen molar-refractivity contribution in [3.8, 4) is 0 Å². The number of alkyl halides is 2. The fraction of sp³-hybridized carbons (Fsp3) is 0.318. The van der Waals surface area contributed by atoms with E-state index < -0.39 is 12.5 Å². The minimum Gasteiger partial charge on any atom is -0.390 e. The topological polar surface area (TPSA) is 85.0 Å². The van der Waals surface area contributed by atoms with Gasteiger partial charge in [-0.05, 0) is 37.6 Å². The number of benzene rings is 2. The lowest BCUT2D eigenvalue weighted by Crippen LogP contribution is -2.19. The van der Waals surface area contributed by atoms with E-state index in [1.165, 1.54) is 18.2 Å². The van der Waals surface area contributed by atoms with Crippen LogP contribution in [0.25, 0.3) is 21.8 Å². The van der Waals surface area contributed by atoms with Gasteiger partial charge in [0.25, 0.3) is 5.92 Å². The number of aliphatic hydroxyl groups is 1. The number of halogens is 2. The third kappa shape index (κ3) is 3.44. The first-order valence-electron chi connectivity index (χ1n) is 9.82. The molecule has 9 heteroatoms. The predicted octanol–water partition coefficient (Wildman–Crippen LogP) is 3.39. The summed E-state index contributed by atoms with van der Waals surface area (Å²) < 4.78 is 31.0. The van der Waals surface area contributed by atoms with Gasteiger partial charge in [-0.25, -0.2) is 4.79 Å². The van der Waals surface area contributed by atoms with Crippen molar-refractivity contribution < 1.29 is 13.9 Å². The lowest BCUT2D eigenvalue weighted by Gasteiger charge is -2.19. The monoisotopic (exact) mass is 427 g/mol. The molecule has 0 aliphatic rings. The zero-order valence-electron chi connectivity index (χ0n) is 17.6. The summed E-state index contributed by atoms with van der Waals surface area (Å²) in [6, 6.07) is 9.38. The molecule has 4 aromatic rings. The van der Waals surface area contributed by atoms with Gasteiger partial charge < -0.3 is 10.4 Å². The van der Waals surface area contributed by atoms with Crippen LogP contribution in [-0.4, -0.2) is 31.0 Å².